The second-order valence-electron chi connectivity index (χ2n) is 4.50. The molecule has 2 N–H and O–H groups in total. The number of hydrogen-bond acceptors (Lipinski definition) is 2. The molecule has 0 amide bonds. The Morgan fingerprint density at radius 1 is 1.11 bits per heavy atom. The predicted molar refractivity (Wildman–Crippen MR) is 68.3 cm³/mol. The van der Waals surface area contributed by atoms with Crippen molar-refractivity contribution in [2.75, 3.05) is 0 Å². The zero-order valence-electron chi connectivity index (χ0n) is 10.6. The normalized spacial score (nSPS) is 12.1. The molecule has 0 aliphatic carbocycles. The second-order valence-corrected chi connectivity index (χ2v) is 4.50. The van der Waals surface area contributed by atoms with Crippen molar-refractivity contribution in [3.63, 3.8) is 0 Å². The van der Waals surface area contributed by atoms with Crippen LogP contribution in [-0.2, 0) is 0 Å². The van der Waals surface area contributed by atoms with Crippen LogP contribution in [0.25, 0.3) is 0 Å². The summed E-state index contributed by atoms with van der Waals surface area (Å²) >= 11 is 0. The van der Waals surface area contributed by atoms with E-state index in [4.69, 9.17) is 10.2 Å². The summed E-state index contributed by atoms with van der Waals surface area (Å²) in [7, 11) is 0. The molecule has 0 saturated carbocycles. The van der Waals surface area contributed by atoms with Gasteiger partial charge in [-0.25, -0.2) is 9.59 Å². The van der Waals surface area contributed by atoms with E-state index in [0.29, 0.717) is 0 Å². The van der Waals surface area contributed by atoms with Crippen molar-refractivity contribution in [3.8, 4) is 0 Å². The number of carbonyl (C=O) groups is 2. The monoisotopic (exact) mass is 250 g/mol. The number of aromatic carboxylic acids is 2. The summed E-state index contributed by atoms with van der Waals surface area (Å²) in [6, 6.07) is 4.32. The van der Waals surface area contributed by atoms with Gasteiger partial charge in [0.2, 0.25) is 0 Å². The third-order valence-electron chi connectivity index (χ3n) is 3.01. The Hall–Kier alpha value is -1.84. The number of unbranched alkanes of at least 4 members (excludes halogenated alkanes) is 1. The topological polar surface area (TPSA) is 74.6 Å². The van der Waals surface area contributed by atoms with Crippen molar-refractivity contribution < 1.29 is 19.8 Å². The Balaban J connectivity index is 3.10. The number of benzene rings is 1. The van der Waals surface area contributed by atoms with Crippen molar-refractivity contribution in [1.82, 2.24) is 0 Å². The maximum atomic E-state index is 11.0. The molecule has 4 nitrogen and oxygen atoms in total. The van der Waals surface area contributed by atoms with E-state index in [1.165, 1.54) is 6.07 Å². The number of hydrogen-bond donors (Lipinski definition) is 2. The molecular formula is C14H18O4. The molecule has 1 aromatic rings. The van der Waals surface area contributed by atoms with Gasteiger partial charge in [-0.3, -0.25) is 0 Å². The lowest BCUT2D eigenvalue weighted by Gasteiger charge is -2.13. The van der Waals surface area contributed by atoms with Gasteiger partial charge in [0.05, 0.1) is 11.1 Å². The smallest absolute Gasteiger partial charge is 0.335 e. The SMILES string of the molecule is CCCCC(C)c1cc(C(=O)O)cc(C(=O)O)c1. The van der Waals surface area contributed by atoms with Gasteiger partial charge in [0.15, 0.2) is 0 Å². The summed E-state index contributed by atoms with van der Waals surface area (Å²) in [5.41, 5.74) is 0.849. The molecule has 98 valence electrons. The molecule has 0 saturated heterocycles. The average Bonchev–Trinajstić information content (AvgIpc) is 2.35. The van der Waals surface area contributed by atoms with Crippen molar-refractivity contribution in [3.05, 3.63) is 34.9 Å². The van der Waals surface area contributed by atoms with E-state index in [2.05, 4.69) is 6.92 Å². The van der Waals surface area contributed by atoms with Crippen LogP contribution < -0.4 is 0 Å². The zero-order valence-corrected chi connectivity index (χ0v) is 10.6. The number of carboxylic acid groups (broad SMARTS) is 2. The minimum absolute atomic E-state index is 0.0354. The predicted octanol–water partition coefficient (Wildman–Crippen LogP) is 3.38. The summed E-state index contributed by atoms with van der Waals surface area (Å²) in [6.45, 7) is 4.07. The van der Waals surface area contributed by atoms with Crippen LogP contribution in [0.4, 0.5) is 0 Å². The van der Waals surface area contributed by atoms with Gasteiger partial charge >= 0.3 is 11.9 Å². The Morgan fingerprint density at radius 2 is 1.61 bits per heavy atom. The molecule has 18 heavy (non-hydrogen) atoms. The first-order valence-electron chi connectivity index (χ1n) is 6.07. The quantitative estimate of drug-likeness (QED) is 0.811. The summed E-state index contributed by atoms with van der Waals surface area (Å²) < 4.78 is 0. The molecule has 0 aromatic heterocycles. The van der Waals surface area contributed by atoms with Crippen LogP contribution in [0.3, 0.4) is 0 Å². The molecule has 0 aliphatic heterocycles. The Kier molecular flexibility index (Phi) is 4.89. The Morgan fingerprint density at radius 3 is 2.00 bits per heavy atom. The zero-order chi connectivity index (χ0) is 13.7. The molecular weight excluding hydrogens is 232 g/mol. The average molecular weight is 250 g/mol. The van der Waals surface area contributed by atoms with Gasteiger partial charge in [-0.2, -0.15) is 0 Å². The molecule has 1 rings (SSSR count). The lowest BCUT2D eigenvalue weighted by Crippen LogP contribution is -2.05. The molecule has 0 aliphatic rings. The van der Waals surface area contributed by atoms with E-state index in [1.54, 1.807) is 12.1 Å². The third-order valence-corrected chi connectivity index (χ3v) is 3.01. The van der Waals surface area contributed by atoms with Crippen LogP contribution in [0.15, 0.2) is 18.2 Å². The third kappa shape index (κ3) is 3.58. The standard InChI is InChI=1S/C14H18O4/c1-3-4-5-9(2)10-6-11(13(15)16)8-12(7-10)14(17)18/h6-9H,3-5H2,1-2H3,(H,15,16)(H,17,18). The van der Waals surface area contributed by atoms with Gasteiger partial charge in [-0.05, 0) is 36.1 Å². The summed E-state index contributed by atoms with van der Waals surface area (Å²) in [5.74, 6) is -2.02. The van der Waals surface area contributed by atoms with Crippen LogP contribution in [0.1, 0.15) is 65.3 Å². The van der Waals surface area contributed by atoms with Crippen molar-refractivity contribution >= 4 is 11.9 Å². The fourth-order valence-electron chi connectivity index (χ4n) is 1.86. The fourth-order valence-corrected chi connectivity index (χ4v) is 1.86. The summed E-state index contributed by atoms with van der Waals surface area (Å²) in [6.07, 6.45) is 3.04. The van der Waals surface area contributed by atoms with Gasteiger partial charge in [-0.1, -0.05) is 26.7 Å². The van der Waals surface area contributed by atoms with E-state index in [-0.39, 0.29) is 17.0 Å². The first-order valence-corrected chi connectivity index (χ1v) is 6.07. The maximum Gasteiger partial charge on any atom is 0.335 e. The first kappa shape index (κ1) is 14.2. The molecule has 1 unspecified atom stereocenters. The van der Waals surface area contributed by atoms with Gasteiger partial charge < -0.3 is 10.2 Å². The summed E-state index contributed by atoms with van der Waals surface area (Å²) in [4.78, 5) is 21.9. The van der Waals surface area contributed by atoms with Crippen LogP contribution in [0.5, 0.6) is 0 Å². The minimum atomic E-state index is -1.10. The van der Waals surface area contributed by atoms with Gasteiger partial charge in [-0.15, -0.1) is 0 Å². The van der Waals surface area contributed by atoms with Gasteiger partial charge in [0, 0.05) is 0 Å². The van der Waals surface area contributed by atoms with E-state index < -0.39 is 11.9 Å². The van der Waals surface area contributed by atoms with Crippen LogP contribution in [-0.4, -0.2) is 22.2 Å². The number of rotatable bonds is 6. The Labute approximate surface area is 106 Å². The fraction of sp³-hybridized carbons (Fsp3) is 0.429. The molecule has 1 aromatic carbocycles. The van der Waals surface area contributed by atoms with Crippen molar-refractivity contribution in [1.29, 1.82) is 0 Å². The van der Waals surface area contributed by atoms with Gasteiger partial charge in [0.1, 0.15) is 0 Å². The van der Waals surface area contributed by atoms with Crippen LogP contribution >= 0.6 is 0 Å². The van der Waals surface area contributed by atoms with E-state index in [1.807, 2.05) is 6.92 Å². The van der Waals surface area contributed by atoms with Crippen LogP contribution in [0.2, 0.25) is 0 Å². The minimum Gasteiger partial charge on any atom is -0.478 e. The molecule has 0 spiro atoms. The molecule has 0 fully saturated rings. The van der Waals surface area contributed by atoms with Crippen LogP contribution in [0, 0.1) is 0 Å². The molecule has 1 atom stereocenters. The molecule has 0 heterocycles. The summed E-state index contributed by atoms with van der Waals surface area (Å²) in [5, 5.41) is 18.0. The molecule has 4 heteroatoms. The van der Waals surface area contributed by atoms with Gasteiger partial charge in [0.25, 0.3) is 0 Å². The largest absolute Gasteiger partial charge is 0.478 e. The van der Waals surface area contributed by atoms with E-state index in [0.717, 1.165) is 24.8 Å². The highest BCUT2D eigenvalue weighted by atomic mass is 16.4. The molecule has 0 bridgehead atoms. The van der Waals surface area contributed by atoms with Crippen molar-refractivity contribution in [2.24, 2.45) is 0 Å². The maximum absolute atomic E-state index is 11.0. The van der Waals surface area contributed by atoms with E-state index >= 15 is 0 Å². The lowest BCUT2D eigenvalue weighted by molar-refractivity contribution is 0.0696. The second kappa shape index (κ2) is 6.19. The highest BCUT2D eigenvalue weighted by molar-refractivity contribution is 5.94. The first-order chi connectivity index (χ1) is 8.45. The lowest BCUT2D eigenvalue weighted by atomic mass is 9.92. The van der Waals surface area contributed by atoms with Crippen molar-refractivity contribution in [2.45, 2.75) is 39.0 Å². The van der Waals surface area contributed by atoms with E-state index in [9.17, 15) is 9.59 Å². The Bertz CT molecular complexity index is 419. The number of carboxylic acids is 2. The highest BCUT2D eigenvalue weighted by Crippen LogP contribution is 2.24. The highest BCUT2D eigenvalue weighted by Gasteiger charge is 2.14. The molecule has 0 radical (unpaired) electrons.